The second kappa shape index (κ2) is 5.25. The fourth-order valence-corrected chi connectivity index (χ4v) is 2.29. The molecule has 0 unspecified atom stereocenters. The van der Waals surface area contributed by atoms with Crippen LogP contribution in [-0.2, 0) is 0 Å². The topological polar surface area (TPSA) is 70.4 Å². The first-order valence-electron chi connectivity index (χ1n) is 4.98. The normalized spacial score (nSPS) is 10.5. The van der Waals surface area contributed by atoms with Gasteiger partial charge in [0.05, 0.1) is 15.1 Å². The summed E-state index contributed by atoms with van der Waals surface area (Å²) in [7, 11) is 0. The van der Waals surface area contributed by atoms with E-state index < -0.39 is 17.4 Å². The maximum atomic E-state index is 10.8. The molecule has 2 N–H and O–H groups in total. The molecule has 19 heavy (non-hydrogen) atoms. The number of rotatable bonds is 2. The van der Waals surface area contributed by atoms with Crippen molar-refractivity contribution in [2.75, 3.05) is 0 Å². The standard InChI is InChI=1S/C12H6Cl3NO3/c13-6-1-2-7(14)10(15)9(6)5-3-8(17)11(12(18)19)16-4-5/h1-4,17H,(H,18,19). The van der Waals surface area contributed by atoms with Crippen LogP contribution in [0.3, 0.4) is 0 Å². The number of pyridine rings is 1. The summed E-state index contributed by atoms with van der Waals surface area (Å²) in [5.41, 5.74) is 0.314. The molecule has 0 aliphatic rings. The van der Waals surface area contributed by atoms with Crippen LogP contribution in [0.15, 0.2) is 24.4 Å². The van der Waals surface area contributed by atoms with Crippen LogP contribution in [0.2, 0.25) is 15.1 Å². The van der Waals surface area contributed by atoms with Crippen molar-refractivity contribution < 1.29 is 15.0 Å². The molecular weight excluding hydrogens is 312 g/mol. The van der Waals surface area contributed by atoms with Crippen LogP contribution in [0.25, 0.3) is 11.1 Å². The van der Waals surface area contributed by atoms with E-state index in [-0.39, 0.29) is 5.02 Å². The van der Waals surface area contributed by atoms with Gasteiger partial charge < -0.3 is 10.2 Å². The van der Waals surface area contributed by atoms with Crippen LogP contribution in [0.1, 0.15) is 10.5 Å². The van der Waals surface area contributed by atoms with Gasteiger partial charge in [-0.25, -0.2) is 9.78 Å². The molecule has 1 aromatic carbocycles. The van der Waals surface area contributed by atoms with E-state index in [1.165, 1.54) is 18.3 Å². The molecule has 0 radical (unpaired) electrons. The van der Waals surface area contributed by atoms with E-state index in [2.05, 4.69) is 4.98 Å². The minimum Gasteiger partial charge on any atom is -0.505 e. The number of nitrogens with zero attached hydrogens (tertiary/aromatic N) is 1. The Morgan fingerprint density at radius 3 is 2.37 bits per heavy atom. The molecular formula is C12H6Cl3NO3. The molecule has 0 fully saturated rings. The molecule has 0 atom stereocenters. The van der Waals surface area contributed by atoms with Gasteiger partial charge in [0.25, 0.3) is 0 Å². The van der Waals surface area contributed by atoms with Crippen LogP contribution in [0.4, 0.5) is 0 Å². The first-order chi connectivity index (χ1) is 8.91. The highest BCUT2D eigenvalue weighted by molar-refractivity contribution is 6.46. The Bertz CT molecular complexity index is 674. The van der Waals surface area contributed by atoms with Crippen molar-refractivity contribution in [3.8, 4) is 16.9 Å². The van der Waals surface area contributed by atoms with Crippen LogP contribution in [0.5, 0.6) is 5.75 Å². The number of hydrogen-bond acceptors (Lipinski definition) is 3. The number of aromatic hydroxyl groups is 1. The molecule has 1 heterocycles. The SMILES string of the molecule is O=C(O)c1ncc(-c2c(Cl)ccc(Cl)c2Cl)cc1O. The van der Waals surface area contributed by atoms with Gasteiger partial charge in [0, 0.05) is 17.3 Å². The highest BCUT2D eigenvalue weighted by Gasteiger charge is 2.16. The second-order valence-corrected chi connectivity index (χ2v) is 4.81. The zero-order valence-corrected chi connectivity index (χ0v) is 11.5. The summed E-state index contributed by atoms with van der Waals surface area (Å²) >= 11 is 18.0. The monoisotopic (exact) mass is 317 g/mol. The third kappa shape index (κ3) is 2.61. The molecule has 98 valence electrons. The van der Waals surface area contributed by atoms with Gasteiger partial charge in [-0.3, -0.25) is 0 Å². The van der Waals surface area contributed by atoms with Crippen molar-refractivity contribution >= 4 is 40.8 Å². The van der Waals surface area contributed by atoms with Gasteiger partial charge in [0.15, 0.2) is 5.69 Å². The van der Waals surface area contributed by atoms with Crippen molar-refractivity contribution in [3.63, 3.8) is 0 Å². The van der Waals surface area contributed by atoms with Crippen LogP contribution >= 0.6 is 34.8 Å². The van der Waals surface area contributed by atoms with Gasteiger partial charge in [0.1, 0.15) is 5.75 Å². The quantitative estimate of drug-likeness (QED) is 0.817. The van der Waals surface area contributed by atoms with E-state index in [4.69, 9.17) is 39.9 Å². The van der Waals surface area contributed by atoms with Crippen molar-refractivity contribution in [3.05, 3.63) is 45.2 Å². The molecule has 7 heteroatoms. The van der Waals surface area contributed by atoms with E-state index in [1.807, 2.05) is 0 Å². The van der Waals surface area contributed by atoms with Gasteiger partial charge in [-0.2, -0.15) is 0 Å². The number of aromatic nitrogens is 1. The molecule has 0 amide bonds. The lowest BCUT2D eigenvalue weighted by Gasteiger charge is -2.09. The summed E-state index contributed by atoms with van der Waals surface area (Å²) in [6, 6.07) is 4.31. The lowest BCUT2D eigenvalue weighted by Crippen LogP contribution is -2.00. The van der Waals surface area contributed by atoms with Crippen molar-refractivity contribution in [1.29, 1.82) is 0 Å². The number of hydrogen-bond donors (Lipinski definition) is 2. The summed E-state index contributed by atoms with van der Waals surface area (Å²) in [5.74, 6) is -1.80. The predicted molar refractivity (Wildman–Crippen MR) is 73.3 cm³/mol. The number of carboxylic acid groups (broad SMARTS) is 1. The van der Waals surface area contributed by atoms with Gasteiger partial charge >= 0.3 is 5.97 Å². The minimum atomic E-state index is -1.33. The molecule has 0 saturated heterocycles. The molecule has 0 saturated carbocycles. The van der Waals surface area contributed by atoms with E-state index in [9.17, 15) is 9.90 Å². The number of carboxylic acids is 1. The Balaban J connectivity index is 2.64. The molecule has 2 rings (SSSR count). The fraction of sp³-hybridized carbons (Fsp3) is 0. The van der Waals surface area contributed by atoms with Gasteiger partial charge in [-0.1, -0.05) is 34.8 Å². The minimum absolute atomic E-state index is 0.207. The van der Waals surface area contributed by atoms with Gasteiger partial charge in [-0.05, 0) is 18.2 Å². The number of benzene rings is 1. The van der Waals surface area contributed by atoms with Crippen LogP contribution < -0.4 is 0 Å². The summed E-state index contributed by atoms with van der Waals surface area (Å²) in [6.07, 6.45) is 1.26. The molecule has 4 nitrogen and oxygen atoms in total. The van der Waals surface area contributed by atoms with Gasteiger partial charge in [0.2, 0.25) is 0 Å². The molecule has 0 bridgehead atoms. The maximum Gasteiger partial charge on any atom is 0.358 e. The molecule has 1 aromatic heterocycles. The fourth-order valence-electron chi connectivity index (χ4n) is 1.55. The van der Waals surface area contributed by atoms with Crippen LogP contribution in [0, 0.1) is 0 Å². The highest BCUT2D eigenvalue weighted by atomic mass is 35.5. The zero-order chi connectivity index (χ0) is 14.2. The lowest BCUT2D eigenvalue weighted by molar-refractivity contribution is 0.0687. The maximum absolute atomic E-state index is 10.8. The van der Waals surface area contributed by atoms with Crippen LogP contribution in [-0.4, -0.2) is 21.2 Å². The first-order valence-corrected chi connectivity index (χ1v) is 6.11. The summed E-state index contributed by atoms with van der Waals surface area (Å²) in [5, 5.41) is 19.2. The average molecular weight is 319 g/mol. The van der Waals surface area contributed by atoms with E-state index in [1.54, 1.807) is 6.07 Å². The highest BCUT2D eigenvalue weighted by Crippen LogP contribution is 2.39. The smallest absolute Gasteiger partial charge is 0.358 e. The van der Waals surface area contributed by atoms with Gasteiger partial charge in [-0.15, -0.1) is 0 Å². The number of carbonyl (C=O) groups is 1. The molecule has 0 spiro atoms. The Kier molecular flexibility index (Phi) is 3.85. The molecule has 2 aromatic rings. The summed E-state index contributed by atoms with van der Waals surface area (Å²) < 4.78 is 0. The third-order valence-electron chi connectivity index (χ3n) is 2.40. The van der Waals surface area contributed by atoms with Crippen molar-refractivity contribution in [1.82, 2.24) is 4.98 Å². The second-order valence-electron chi connectivity index (χ2n) is 3.62. The van der Waals surface area contributed by atoms with E-state index in [0.29, 0.717) is 21.2 Å². The van der Waals surface area contributed by atoms with E-state index in [0.717, 1.165) is 0 Å². The Morgan fingerprint density at radius 2 is 1.79 bits per heavy atom. The number of aromatic carboxylic acids is 1. The Morgan fingerprint density at radius 1 is 1.16 bits per heavy atom. The largest absolute Gasteiger partial charge is 0.505 e. The average Bonchev–Trinajstić information content (AvgIpc) is 2.34. The van der Waals surface area contributed by atoms with Crippen molar-refractivity contribution in [2.24, 2.45) is 0 Å². The van der Waals surface area contributed by atoms with Crippen molar-refractivity contribution in [2.45, 2.75) is 0 Å². The third-order valence-corrected chi connectivity index (χ3v) is 3.52. The number of halogens is 3. The summed E-state index contributed by atoms with van der Waals surface area (Å²) in [6.45, 7) is 0. The molecule has 0 aliphatic carbocycles. The zero-order valence-electron chi connectivity index (χ0n) is 9.19. The summed E-state index contributed by atoms with van der Waals surface area (Å²) in [4.78, 5) is 14.4. The van der Waals surface area contributed by atoms with E-state index >= 15 is 0 Å². The molecule has 0 aliphatic heterocycles. The lowest BCUT2D eigenvalue weighted by atomic mass is 10.1. The predicted octanol–water partition coefficient (Wildman–Crippen LogP) is 4.11. The Labute approximate surface area is 123 Å². The Hall–Kier alpha value is -1.49. The first kappa shape index (κ1) is 13.9.